The fraction of sp³-hybridized carbons (Fsp3) is 0.538. The van der Waals surface area contributed by atoms with Gasteiger partial charge in [-0.3, -0.25) is 0 Å². The Hall–Kier alpha value is -1.25. The van der Waals surface area contributed by atoms with Crippen molar-refractivity contribution in [2.24, 2.45) is 5.92 Å². The molecule has 0 aromatic heterocycles. The molecule has 1 aliphatic rings. The van der Waals surface area contributed by atoms with Gasteiger partial charge in [0, 0.05) is 26.3 Å². The molecule has 0 saturated carbocycles. The maximum absolute atomic E-state index is 13.7. The minimum absolute atomic E-state index is 0.0689. The fourth-order valence-electron chi connectivity index (χ4n) is 2.32. The summed E-state index contributed by atoms with van der Waals surface area (Å²) in [6.45, 7) is 1.38. The predicted molar refractivity (Wildman–Crippen MR) is 74.1 cm³/mol. The number of anilines is 1. The molecule has 1 aliphatic heterocycles. The number of rotatable bonds is 4. The lowest BCUT2D eigenvalue weighted by atomic mass is 10.0. The number of nitrogens with two attached hydrogens (primary N) is 1. The molecule has 1 fully saturated rings. The number of nitrogens with zero attached hydrogens (tertiary/aromatic N) is 1. The average Bonchev–Trinajstić information content (AvgIpc) is 2.43. The van der Waals surface area contributed by atoms with Gasteiger partial charge in [0.25, 0.3) is 0 Å². The summed E-state index contributed by atoms with van der Waals surface area (Å²) in [5.74, 6) is -2.05. The Balaban J connectivity index is 2.22. The van der Waals surface area contributed by atoms with Gasteiger partial charge in [0.05, 0.1) is 12.3 Å². The average molecular weight is 320 g/mol. The maximum atomic E-state index is 13.7. The van der Waals surface area contributed by atoms with Crippen LogP contribution in [0.3, 0.4) is 0 Å². The van der Waals surface area contributed by atoms with E-state index in [1.54, 1.807) is 0 Å². The van der Waals surface area contributed by atoms with Crippen LogP contribution in [0, 0.1) is 17.6 Å². The van der Waals surface area contributed by atoms with Crippen molar-refractivity contribution in [3.05, 3.63) is 23.8 Å². The van der Waals surface area contributed by atoms with Crippen molar-refractivity contribution in [2.75, 3.05) is 32.5 Å². The normalized spacial score (nSPS) is 19.9. The molecule has 0 spiro atoms. The molecule has 21 heavy (non-hydrogen) atoms. The van der Waals surface area contributed by atoms with Crippen LogP contribution < -0.4 is 5.73 Å². The number of ether oxygens (including phenoxy) is 1. The van der Waals surface area contributed by atoms with Crippen molar-refractivity contribution >= 4 is 15.7 Å². The van der Waals surface area contributed by atoms with Gasteiger partial charge in [-0.15, -0.1) is 0 Å². The summed E-state index contributed by atoms with van der Waals surface area (Å²) < 4.78 is 57.9. The van der Waals surface area contributed by atoms with Crippen LogP contribution in [-0.4, -0.2) is 39.5 Å². The van der Waals surface area contributed by atoms with Gasteiger partial charge in [0.15, 0.2) is 0 Å². The van der Waals surface area contributed by atoms with Crippen LogP contribution in [0.15, 0.2) is 17.0 Å². The van der Waals surface area contributed by atoms with E-state index in [1.165, 1.54) is 7.05 Å². The van der Waals surface area contributed by atoms with E-state index < -0.39 is 32.2 Å². The molecule has 118 valence electrons. The van der Waals surface area contributed by atoms with Crippen molar-refractivity contribution in [3.63, 3.8) is 0 Å². The molecule has 0 amide bonds. The Morgan fingerprint density at radius 1 is 1.38 bits per heavy atom. The molecule has 5 nitrogen and oxygen atoms in total. The van der Waals surface area contributed by atoms with Gasteiger partial charge >= 0.3 is 0 Å². The second-order valence-electron chi connectivity index (χ2n) is 5.17. The summed E-state index contributed by atoms with van der Waals surface area (Å²) in [5.41, 5.74) is 4.93. The molecule has 1 unspecified atom stereocenters. The molecular formula is C13H18F2N2O3S. The highest BCUT2D eigenvalue weighted by Crippen LogP contribution is 2.25. The SMILES string of the molecule is CN(CC1CCCOC1)S(=O)(=O)c1cc(N)c(F)cc1F. The van der Waals surface area contributed by atoms with E-state index in [0.717, 1.165) is 23.2 Å². The molecule has 1 atom stereocenters. The van der Waals surface area contributed by atoms with Crippen molar-refractivity contribution in [1.82, 2.24) is 4.31 Å². The smallest absolute Gasteiger partial charge is 0.245 e. The van der Waals surface area contributed by atoms with Gasteiger partial charge in [0.2, 0.25) is 10.0 Å². The molecule has 2 rings (SSSR count). The zero-order valence-electron chi connectivity index (χ0n) is 11.7. The highest BCUT2D eigenvalue weighted by atomic mass is 32.2. The molecule has 0 aliphatic carbocycles. The van der Waals surface area contributed by atoms with Gasteiger partial charge in [-0.1, -0.05) is 0 Å². The minimum atomic E-state index is -4.05. The van der Waals surface area contributed by atoms with Gasteiger partial charge < -0.3 is 10.5 Å². The molecule has 1 aromatic rings. The van der Waals surface area contributed by atoms with Gasteiger partial charge in [-0.2, -0.15) is 0 Å². The van der Waals surface area contributed by atoms with E-state index in [9.17, 15) is 17.2 Å². The molecule has 1 saturated heterocycles. The lowest BCUT2D eigenvalue weighted by Crippen LogP contribution is -2.35. The third-order valence-electron chi connectivity index (χ3n) is 3.51. The van der Waals surface area contributed by atoms with E-state index in [2.05, 4.69) is 0 Å². The van der Waals surface area contributed by atoms with Crippen LogP contribution in [0.4, 0.5) is 14.5 Å². The molecule has 8 heteroatoms. The van der Waals surface area contributed by atoms with E-state index in [0.29, 0.717) is 19.3 Å². The largest absolute Gasteiger partial charge is 0.396 e. The molecule has 1 heterocycles. The summed E-state index contributed by atoms with van der Waals surface area (Å²) in [7, 11) is -2.69. The number of hydrogen-bond acceptors (Lipinski definition) is 4. The Labute approximate surface area is 122 Å². The van der Waals surface area contributed by atoms with Crippen LogP contribution >= 0.6 is 0 Å². The number of halogens is 2. The van der Waals surface area contributed by atoms with E-state index >= 15 is 0 Å². The first-order valence-electron chi connectivity index (χ1n) is 6.61. The lowest BCUT2D eigenvalue weighted by Gasteiger charge is -2.26. The highest BCUT2D eigenvalue weighted by Gasteiger charge is 2.28. The Morgan fingerprint density at radius 3 is 2.71 bits per heavy atom. The maximum Gasteiger partial charge on any atom is 0.245 e. The number of nitrogen functional groups attached to an aromatic ring is 1. The second kappa shape index (κ2) is 6.25. The highest BCUT2D eigenvalue weighted by molar-refractivity contribution is 7.89. The molecule has 0 radical (unpaired) electrons. The van der Waals surface area contributed by atoms with Crippen molar-refractivity contribution < 1.29 is 21.9 Å². The summed E-state index contributed by atoms with van der Waals surface area (Å²) >= 11 is 0. The van der Waals surface area contributed by atoms with Crippen molar-refractivity contribution in [1.29, 1.82) is 0 Å². The van der Waals surface area contributed by atoms with Crippen molar-refractivity contribution in [2.45, 2.75) is 17.7 Å². The molecule has 1 aromatic carbocycles. The Morgan fingerprint density at radius 2 is 2.10 bits per heavy atom. The predicted octanol–water partition coefficient (Wildman–Crippen LogP) is 1.59. The summed E-state index contributed by atoms with van der Waals surface area (Å²) in [5, 5.41) is 0. The first-order chi connectivity index (χ1) is 9.82. The summed E-state index contributed by atoms with van der Waals surface area (Å²) in [6, 6.07) is 1.30. The van der Waals surface area contributed by atoms with Gasteiger partial charge in [0.1, 0.15) is 16.5 Å². The minimum Gasteiger partial charge on any atom is -0.396 e. The standard InChI is InChI=1S/C13H18F2N2O3S/c1-17(7-9-3-2-4-20-8-9)21(18,19)13-6-12(16)10(14)5-11(13)15/h5-6,9H,2-4,7-8,16H2,1H3. The fourth-order valence-corrected chi connectivity index (χ4v) is 3.65. The van der Waals surface area contributed by atoms with E-state index in [1.807, 2.05) is 0 Å². The van der Waals surface area contributed by atoms with Crippen LogP contribution in [0.5, 0.6) is 0 Å². The number of hydrogen-bond donors (Lipinski definition) is 1. The second-order valence-corrected chi connectivity index (χ2v) is 7.19. The van der Waals surface area contributed by atoms with Gasteiger partial charge in [-0.05, 0) is 24.8 Å². The number of sulfonamides is 1. The quantitative estimate of drug-likeness (QED) is 0.855. The van der Waals surface area contributed by atoms with E-state index in [-0.39, 0.29) is 12.5 Å². The molecule has 2 N–H and O–H groups in total. The molecule has 0 bridgehead atoms. The first-order valence-corrected chi connectivity index (χ1v) is 8.05. The zero-order valence-corrected chi connectivity index (χ0v) is 12.5. The Kier molecular flexibility index (Phi) is 4.80. The Bertz CT molecular complexity index is 616. The third kappa shape index (κ3) is 3.50. The van der Waals surface area contributed by atoms with Crippen LogP contribution in [0.2, 0.25) is 0 Å². The lowest BCUT2D eigenvalue weighted by molar-refractivity contribution is 0.0495. The number of benzene rings is 1. The van der Waals surface area contributed by atoms with Crippen LogP contribution in [0.25, 0.3) is 0 Å². The van der Waals surface area contributed by atoms with Crippen molar-refractivity contribution in [3.8, 4) is 0 Å². The van der Waals surface area contributed by atoms with Gasteiger partial charge in [-0.25, -0.2) is 21.5 Å². The molecular weight excluding hydrogens is 302 g/mol. The van der Waals surface area contributed by atoms with E-state index in [4.69, 9.17) is 10.5 Å². The first kappa shape index (κ1) is 16.1. The summed E-state index contributed by atoms with van der Waals surface area (Å²) in [4.78, 5) is -0.611. The third-order valence-corrected chi connectivity index (χ3v) is 5.35. The topological polar surface area (TPSA) is 72.6 Å². The zero-order chi connectivity index (χ0) is 15.6. The van der Waals surface area contributed by atoms with Crippen LogP contribution in [0.1, 0.15) is 12.8 Å². The summed E-state index contributed by atoms with van der Waals surface area (Å²) in [6.07, 6.45) is 1.73. The van der Waals surface area contributed by atoms with Crippen LogP contribution in [-0.2, 0) is 14.8 Å². The monoisotopic (exact) mass is 320 g/mol.